The van der Waals surface area contributed by atoms with Crippen molar-refractivity contribution in [3.63, 3.8) is 0 Å². The van der Waals surface area contributed by atoms with Gasteiger partial charge in [-0.1, -0.05) is 29.8 Å². The van der Waals surface area contributed by atoms with Crippen LogP contribution in [0, 0.1) is 5.82 Å². The quantitative estimate of drug-likeness (QED) is 0.877. The number of hydrogen-bond acceptors (Lipinski definition) is 3. The molecule has 0 saturated carbocycles. The van der Waals surface area contributed by atoms with Crippen molar-refractivity contribution >= 4 is 29.4 Å². The number of rotatable bonds is 3. The third-order valence-corrected chi connectivity index (χ3v) is 3.63. The van der Waals surface area contributed by atoms with Crippen LogP contribution >= 0.6 is 11.6 Å². The second-order valence-corrected chi connectivity index (χ2v) is 5.23. The van der Waals surface area contributed by atoms with Gasteiger partial charge >= 0.3 is 0 Å². The van der Waals surface area contributed by atoms with E-state index in [1.165, 1.54) is 25.3 Å². The van der Waals surface area contributed by atoms with E-state index in [9.17, 15) is 9.18 Å². The van der Waals surface area contributed by atoms with Crippen LogP contribution in [0.2, 0.25) is 5.02 Å². The fraction of sp³-hybridized carbons (Fsp3) is 0.0588. The zero-order valence-corrected chi connectivity index (χ0v) is 12.9. The summed E-state index contributed by atoms with van der Waals surface area (Å²) in [6.07, 6.45) is 1.50. The van der Waals surface area contributed by atoms with E-state index in [1.807, 2.05) is 0 Å². The molecule has 1 N–H and O–H groups in total. The number of nitrogens with zero attached hydrogens (tertiary/aromatic N) is 1. The van der Waals surface area contributed by atoms with Gasteiger partial charge in [-0.3, -0.25) is 4.79 Å². The number of aliphatic imine (C=N–C) groups is 1. The lowest BCUT2D eigenvalue weighted by Crippen LogP contribution is -2.24. The Labute approximate surface area is 137 Å². The van der Waals surface area contributed by atoms with Crippen molar-refractivity contribution in [2.45, 2.75) is 0 Å². The summed E-state index contributed by atoms with van der Waals surface area (Å²) in [5.41, 5.74) is 1.33. The zero-order valence-electron chi connectivity index (χ0n) is 12.1. The number of benzene rings is 2. The average Bonchev–Trinajstić information content (AvgIpc) is 2.89. The van der Waals surface area contributed by atoms with E-state index in [0.29, 0.717) is 22.0 Å². The molecule has 1 amide bonds. The molecule has 1 heterocycles. The average molecular weight is 331 g/mol. The number of amides is 1. The third kappa shape index (κ3) is 3.10. The third-order valence-electron chi connectivity index (χ3n) is 3.31. The van der Waals surface area contributed by atoms with Gasteiger partial charge in [0.25, 0.3) is 5.91 Å². The summed E-state index contributed by atoms with van der Waals surface area (Å²) in [6.45, 7) is 0. The molecule has 0 spiro atoms. The van der Waals surface area contributed by atoms with Crippen LogP contribution in [0.3, 0.4) is 0 Å². The van der Waals surface area contributed by atoms with E-state index in [4.69, 9.17) is 16.3 Å². The molecule has 4 nitrogen and oxygen atoms in total. The fourth-order valence-corrected chi connectivity index (χ4v) is 2.40. The Hall–Kier alpha value is -2.66. The monoisotopic (exact) mass is 330 g/mol. The lowest BCUT2D eigenvalue weighted by molar-refractivity contribution is -0.115. The lowest BCUT2D eigenvalue weighted by Gasteiger charge is -2.02. The number of nitrogens with one attached hydrogen (secondary N) is 1. The Bertz CT molecular complexity index is 846. The molecule has 3 rings (SSSR count). The van der Waals surface area contributed by atoms with Crippen LogP contribution in [0.25, 0.3) is 6.08 Å². The van der Waals surface area contributed by atoms with E-state index in [2.05, 4.69) is 10.3 Å². The van der Waals surface area contributed by atoms with Crippen molar-refractivity contribution in [2.75, 3.05) is 7.11 Å². The van der Waals surface area contributed by atoms with Crippen molar-refractivity contribution in [3.05, 3.63) is 70.1 Å². The standard InChI is InChI=1S/C17H12ClFN2O2/c1-23-15-7-6-10(8-13(15)19)9-14-17(22)21-16(20-14)11-4-2-3-5-12(11)18/h2-9H,1H3,(H,20,21,22)/b14-9+. The predicted molar refractivity (Wildman–Crippen MR) is 87.1 cm³/mol. The van der Waals surface area contributed by atoms with Crippen LogP contribution in [-0.4, -0.2) is 18.9 Å². The minimum Gasteiger partial charge on any atom is -0.494 e. The number of halogens is 2. The Kier molecular flexibility index (Phi) is 4.12. The number of amidine groups is 1. The molecule has 0 fully saturated rings. The van der Waals surface area contributed by atoms with Gasteiger partial charge in [0.1, 0.15) is 11.5 Å². The molecule has 0 unspecified atom stereocenters. The molecule has 0 atom stereocenters. The van der Waals surface area contributed by atoms with Gasteiger partial charge in [-0.15, -0.1) is 0 Å². The van der Waals surface area contributed by atoms with Crippen LogP contribution in [0.1, 0.15) is 11.1 Å². The SMILES string of the molecule is COc1ccc(/C=C2/N=C(c3ccccc3Cl)NC2=O)cc1F. The van der Waals surface area contributed by atoms with Crippen LogP contribution in [0.5, 0.6) is 5.75 Å². The van der Waals surface area contributed by atoms with Gasteiger partial charge in [-0.25, -0.2) is 9.38 Å². The Morgan fingerprint density at radius 3 is 2.74 bits per heavy atom. The second-order valence-electron chi connectivity index (χ2n) is 4.82. The maximum absolute atomic E-state index is 13.7. The maximum Gasteiger partial charge on any atom is 0.275 e. The molecule has 1 aliphatic rings. The Morgan fingerprint density at radius 2 is 2.04 bits per heavy atom. The van der Waals surface area contributed by atoms with Crippen LogP contribution in [0.15, 0.2) is 53.2 Å². The summed E-state index contributed by atoms with van der Waals surface area (Å²) in [5.74, 6) is -0.351. The first kappa shape index (κ1) is 15.2. The van der Waals surface area contributed by atoms with Gasteiger partial charge in [0.15, 0.2) is 11.6 Å². The first-order chi connectivity index (χ1) is 11.1. The molecule has 2 aromatic rings. The van der Waals surface area contributed by atoms with Gasteiger partial charge in [0.05, 0.1) is 12.1 Å². The molecule has 23 heavy (non-hydrogen) atoms. The van der Waals surface area contributed by atoms with Crippen LogP contribution in [0.4, 0.5) is 4.39 Å². The number of hydrogen-bond donors (Lipinski definition) is 1. The summed E-state index contributed by atoms with van der Waals surface area (Å²) >= 11 is 6.10. The summed E-state index contributed by atoms with van der Waals surface area (Å²) in [7, 11) is 1.39. The summed E-state index contributed by atoms with van der Waals surface area (Å²) in [6, 6.07) is 11.5. The first-order valence-corrected chi connectivity index (χ1v) is 7.16. The number of methoxy groups -OCH3 is 1. The van der Waals surface area contributed by atoms with Gasteiger partial charge in [0.2, 0.25) is 0 Å². The molecule has 6 heteroatoms. The maximum atomic E-state index is 13.7. The molecule has 0 bridgehead atoms. The zero-order chi connectivity index (χ0) is 16.4. The molecule has 0 saturated heterocycles. The molecule has 2 aromatic carbocycles. The van der Waals surface area contributed by atoms with Crippen molar-refractivity contribution in [1.29, 1.82) is 0 Å². The van der Waals surface area contributed by atoms with E-state index in [1.54, 1.807) is 30.3 Å². The highest BCUT2D eigenvalue weighted by Gasteiger charge is 2.22. The predicted octanol–water partition coefficient (Wildman–Crippen LogP) is 3.41. The largest absolute Gasteiger partial charge is 0.494 e. The van der Waals surface area contributed by atoms with Crippen molar-refractivity contribution < 1.29 is 13.9 Å². The fourth-order valence-electron chi connectivity index (χ4n) is 2.18. The highest BCUT2D eigenvalue weighted by atomic mass is 35.5. The van der Waals surface area contributed by atoms with E-state index >= 15 is 0 Å². The van der Waals surface area contributed by atoms with E-state index in [-0.39, 0.29) is 17.4 Å². The van der Waals surface area contributed by atoms with Gasteiger partial charge in [-0.05, 0) is 35.9 Å². The van der Waals surface area contributed by atoms with Crippen molar-refractivity contribution in [1.82, 2.24) is 5.32 Å². The molecule has 0 aromatic heterocycles. The summed E-state index contributed by atoms with van der Waals surface area (Å²) in [5, 5.41) is 3.15. The molecule has 0 aliphatic carbocycles. The first-order valence-electron chi connectivity index (χ1n) is 6.78. The lowest BCUT2D eigenvalue weighted by atomic mass is 10.2. The van der Waals surface area contributed by atoms with Gasteiger partial charge in [-0.2, -0.15) is 0 Å². The van der Waals surface area contributed by atoms with E-state index < -0.39 is 5.82 Å². The Morgan fingerprint density at radius 1 is 1.26 bits per heavy atom. The normalized spacial score (nSPS) is 15.5. The number of ether oxygens (including phenoxy) is 1. The highest BCUT2D eigenvalue weighted by molar-refractivity contribution is 6.35. The van der Waals surface area contributed by atoms with Gasteiger partial charge in [0, 0.05) is 5.56 Å². The van der Waals surface area contributed by atoms with Crippen molar-refractivity contribution in [3.8, 4) is 5.75 Å². The molecule has 0 radical (unpaired) electrons. The molecule has 116 valence electrons. The van der Waals surface area contributed by atoms with E-state index in [0.717, 1.165) is 0 Å². The summed E-state index contributed by atoms with van der Waals surface area (Å²) in [4.78, 5) is 16.3. The second kappa shape index (κ2) is 6.22. The molecular formula is C17H12ClFN2O2. The Balaban J connectivity index is 1.95. The number of carbonyl (C=O) groups is 1. The molecular weight excluding hydrogens is 319 g/mol. The molecule has 1 aliphatic heterocycles. The van der Waals surface area contributed by atoms with Gasteiger partial charge < -0.3 is 10.1 Å². The van der Waals surface area contributed by atoms with Crippen molar-refractivity contribution in [2.24, 2.45) is 4.99 Å². The minimum absolute atomic E-state index is 0.142. The minimum atomic E-state index is -0.504. The van der Waals surface area contributed by atoms with Crippen LogP contribution < -0.4 is 10.1 Å². The summed E-state index contributed by atoms with van der Waals surface area (Å²) < 4.78 is 18.6. The number of carbonyl (C=O) groups excluding carboxylic acids is 1. The smallest absolute Gasteiger partial charge is 0.275 e. The topological polar surface area (TPSA) is 50.7 Å². The highest BCUT2D eigenvalue weighted by Crippen LogP contribution is 2.22. The van der Waals surface area contributed by atoms with Crippen LogP contribution in [-0.2, 0) is 4.79 Å².